The Balaban J connectivity index is 3.85. The lowest BCUT2D eigenvalue weighted by Crippen LogP contribution is -2.38. The molecule has 0 aliphatic heterocycles. The summed E-state index contributed by atoms with van der Waals surface area (Å²) < 4.78 is 34.3. The fourth-order valence-electron chi connectivity index (χ4n) is 0.304. The van der Waals surface area contributed by atoms with Crippen molar-refractivity contribution < 1.29 is 23.1 Å². The second kappa shape index (κ2) is 2.87. The van der Waals surface area contributed by atoms with E-state index in [1.54, 1.807) is 0 Å². The van der Waals surface area contributed by atoms with E-state index in [1.807, 2.05) is 0 Å². The standard InChI is InChI=1S/C4H6F3NO2/c5-4(6,7)2(8)1-3(9)10/h2H,1,8H2,(H,9,10). The lowest BCUT2D eigenvalue weighted by Gasteiger charge is -2.12. The Morgan fingerprint density at radius 3 is 2.10 bits per heavy atom. The van der Waals surface area contributed by atoms with Crippen LogP contribution in [-0.4, -0.2) is 23.3 Å². The largest absolute Gasteiger partial charge is 0.481 e. The molecule has 0 saturated carbocycles. The van der Waals surface area contributed by atoms with Crippen LogP contribution in [0.2, 0.25) is 0 Å². The van der Waals surface area contributed by atoms with Crippen molar-refractivity contribution in [3.63, 3.8) is 0 Å². The maximum Gasteiger partial charge on any atom is 0.404 e. The highest BCUT2D eigenvalue weighted by atomic mass is 19.4. The van der Waals surface area contributed by atoms with Crippen molar-refractivity contribution in [2.75, 3.05) is 0 Å². The minimum atomic E-state index is -4.61. The van der Waals surface area contributed by atoms with Gasteiger partial charge in [0.25, 0.3) is 0 Å². The minimum absolute atomic E-state index is 1.08. The van der Waals surface area contributed by atoms with Crippen molar-refractivity contribution in [2.24, 2.45) is 5.73 Å². The van der Waals surface area contributed by atoms with Crippen LogP contribution in [0.4, 0.5) is 13.2 Å². The first-order valence-electron chi connectivity index (χ1n) is 2.38. The van der Waals surface area contributed by atoms with Gasteiger partial charge in [-0.25, -0.2) is 0 Å². The Kier molecular flexibility index (Phi) is 2.65. The highest BCUT2D eigenvalue weighted by Crippen LogP contribution is 2.20. The van der Waals surface area contributed by atoms with E-state index in [0.29, 0.717) is 0 Å². The van der Waals surface area contributed by atoms with E-state index in [1.165, 1.54) is 0 Å². The van der Waals surface area contributed by atoms with Gasteiger partial charge < -0.3 is 10.8 Å². The van der Waals surface area contributed by atoms with Crippen molar-refractivity contribution in [2.45, 2.75) is 18.6 Å². The SMILES string of the molecule is NC(CC(=O)O)C(F)(F)F. The lowest BCUT2D eigenvalue weighted by atomic mass is 10.2. The molecule has 0 fully saturated rings. The molecule has 0 aromatic carbocycles. The number of carbonyl (C=O) groups is 1. The fourth-order valence-corrected chi connectivity index (χ4v) is 0.304. The Morgan fingerprint density at radius 2 is 2.00 bits per heavy atom. The zero-order chi connectivity index (χ0) is 8.36. The molecule has 0 aliphatic carbocycles. The van der Waals surface area contributed by atoms with Crippen molar-refractivity contribution >= 4 is 5.97 Å². The van der Waals surface area contributed by atoms with Gasteiger partial charge in [-0.2, -0.15) is 13.2 Å². The van der Waals surface area contributed by atoms with E-state index < -0.39 is 24.6 Å². The summed E-state index contributed by atoms with van der Waals surface area (Å²) in [6, 6.07) is -2.26. The van der Waals surface area contributed by atoms with Crippen LogP contribution in [0.3, 0.4) is 0 Å². The van der Waals surface area contributed by atoms with Gasteiger partial charge in [-0.1, -0.05) is 0 Å². The predicted molar refractivity (Wildman–Crippen MR) is 26.3 cm³/mol. The Hall–Kier alpha value is -0.780. The number of hydrogen-bond acceptors (Lipinski definition) is 2. The van der Waals surface area contributed by atoms with E-state index in [4.69, 9.17) is 5.11 Å². The first kappa shape index (κ1) is 9.22. The van der Waals surface area contributed by atoms with Gasteiger partial charge in [0, 0.05) is 0 Å². The van der Waals surface area contributed by atoms with Crippen molar-refractivity contribution in [1.82, 2.24) is 0 Å². The minimum Gasteiger partial charge on any atom is -0.481 e. The zero-order valence-corrected chi connectivity index (χ0v) is 4.85. The number of rotatable bonds is 2. The Bertz CT molecular complexity index is 133. The summed E-state index contributed by atoms with van der Waals surface area (Å²) in [6.07, 6.45) is -5.69. The third-order valence-corrected chi connectivity index (χ3v) is 0.815. The molecule has 0 heterocycles. The molecule has 0 aromatic heterocycles. The lowest BCUT2D eigenvalue weighted by molar-refractivity contribution is -0.161. The summed E-state index contributed by atoms with van der Waals surface area (Å²) in [5.74, 6) is -1.55. The molecule has 0 radical (unpaired) electrons. The number of carboxylic acids is 1. The number of alkyl halides is 3. The number of nitrogens with two attached hydrogens (primary N) is 1. The molecule has 0 saturated heterocycles. The van der Waals surface area contributed by atoms with Crippen LogP contribution < -0.4 is 5.73 Å². The van der Waals surface area contributed by atoms with Gasteiger partial charge in [-0.05, 0) is 0 Å². The van der Waals surface area contributed by atoms with Crippen molar-refractivity contribution in [3.05, 3.63) is 0 Å². The molecule has 0 spiro atoms. The molecule has 0 aliphatic rings. The Labute approximate surface area is 54.6 Å². The highest BCUT2D eigenvalue weighted by Gasteiger charge is 2.37. The van der Waals surface area contributed by atoms with Crippen LogP contribution in [0, 0.1) is 0 Å². The second-order valence-electron chi connectivity index (χ2n) is 1.75. The molecule has 0 bridgehead atoms. The molecule has 1 unspecified atom stereocenters. The average Bonchev–Trinajstić information content (AvgIpc) is 1.60. The number of carboxylic acid groups (broad SMARTS) is 1. The molecule has 60 valence electrons. The number of hydrogen-bond donors (Lipinski definition) is 2. The van der Waals surface area contributed by atoms with Gasteiger partial charge in [0.15, 0.2) is 0 Å². The van der Waals surface area contributed by atoms with Crippen LogP contribution in [0.5, 0.6) is 0 Å². The maximum absolute atomic E-state index is 11.4. The molecule has 0 rings (SSSR count). The molecule has 0 aromatic rings. The van der Waals surface area contributed by atoms with Gasteiger partial charge in [-0.15, -0.1) is 0 Å². The molecule has 6 heteroatoms. The summed E-state index contributed by atoms with van der Waals surface area (Å²) in [5.41, 5.74) is 4.45. The maximum atomic E-state index is 11.4. The van der Waals surface area contributed by atoms with Gasteiger partial charge in [-0.3, -0.25) is 4.79 Å². The molecule has 3 nitrogen and oxygen atoms in total. The second-order valence-corrected chi connectivity index (χ2v) is 1.75. The molecule has 3 N–H and O–H groups in total. The summed E-state index contributed by atoms with van der Waals surface area (Å²) >= 11 is 0. The monoisotopic (exact) mass is 157 g/mol. The third-order valence-electron chi connectivity index (χ3n) is 0.815. The summed E-state index contributed by atoms with van der Waals surface area (Å²) in [6.45, 7) is 0. The Morgan fingerprint density at radius 1 is 1.60 bits per heavy atom. The van der Waals surface area contributed by atoms with Gasteiger partial charge in [0.05, 0.1) is 6.42 Å². The molecular formula is C4H6F3NO2. The summed E-state index contributed by atoms with van der Waals surface area (Å²) in [4.78, 5) is 9.68. The zero-order valence-electron chi connectivity index (χ0n) is 4.85. The van der Waals surface area contributed by atoms with Crippen LogP contribution in [0.25, 0.3) is 0 Å². The van der Waals surface area contributed by atoms with E-state index in [0.717, 1.165) is 0 Å². The first-order valence-corrected chi connectivity index (χ1v) is 2.38. The number of aliphatic carboxylic acids is 1. The highest BCUT2D eigenvalue weighted by molar-refractivity contribution is 5.67. The summed E-state index contributed by atoms with van der Waals surface area (Å²) in [5, 5.41) is 7.87. The quantitative estimate of drug-likeness (QED) is 0.607. The molecule has 0 amide bonds. The van der Waals surface area contributed by atoms with E-state index in [9.17, 15) is 18.0 Å². The van der Waals surface area contributed by atoms with Gasteiger partial charge in [0.2, 0.25) is 0 Å². The number of halogens is 3. The van der Waals surface area contributed by atoms with Crippen LogP contribution in [-0.2, 0) is 4.79 Å². The first-order chi connectivity index (χ1) is 4.34. The van der Waals surface area contributed by atoms with Crippen molar-refractivity contribution in [1.29, 1.82) is 0 Å². The van der Waals surface area contributed by atoms with E-state index in [-0.39, 0.29) is 0 Å². The van der Waals surface area contributed by atoms with E-state index >= 15 is 0 Å². The molecule has 10 heavy (non-hydrogen) atoms. The van der Waals surface area contributed by atoms with Gasteiger partial charge >= 0.3 is 12.1 Å². The normalized spacial score (nSPS) is 14.8. The predicted octanol–water partition coefficient (Wildman–Crippen LogP) is 0.351. The van der Waals surface area contributed by atoms with Gasteiger partial charge in [0.1, 0.15) is 6.04 Å². The smallest absolute Gasteiger partial charge is 0.404 e. The molecule has 1 atom stereocenters. The molecular weight excluding hydrogens is 151 g/mol. The third kappa shape index (κ3) is 3.29. The summed E-state index contributed by atoms with van der Waals surface area (Å²) in [7, 11) is 0. The van der Waals surface area contributed by atoms with E-state index in [2.05, 4.69) is 5.73 Å². The van der Waals surface area contributed by atoms with Crippen molar-refractivity contribution in [3.8, 4) is 0 Å². The topological polar surface area (TPSA) is 63.3 Å². The van der Waals surface area contributed by atoms with Crippen LogP contribution in [0.15, 0.2) is 0 Å². The van der Waals surface area contributed by atoms with Crippen LogP contribution >= 0.6 is 0 Å². The average molecular weight is 157 g/mol. The fraction of sp³-hybridized carbons (Fsp3) is 0.750. The van der Waals surface area contributed by atoms with Crippen LogP contribution in [0.1, 0.15) is 6.42 Å².